The highest BCUT2D eigenvalue weighted by Gasteiger charge is 2.10. The van der Waals surface area contributed by atoms with Crippen LogP contribution in [0.5, 0.6) is 5.75 Å². The van der Waals surface area contributed by atoms with Crippen molar-refractivity contribution in [1.82, 2.24) is 0 Å². The minimum atomic E-state index is -0.304. The Morgan fingerprint density at radius 2 is 2.29 bits per heavy atom. The minimum absolute atomic E-state index is 0.200. The maximum absolute atomic E-state index is 9.31. The lowest BCUT2D eigenvalue weighted by atomic mass is 9.97. The molecule has 0 aliphatic rings. The zero-order valence-electron chi connectivity index (χ0n) is 8.20. The number of hydrogen-bond acceptors (Lipinski definition) is 3. The summed E-state index contributed by atoms with van der Waals surface area (Å²) in [6, 6.07) is 6.86. The van der Waals surface area contributed by atoms with E-state index in [9.17, 15) is 5.11 Å². The molecule has 0 saturated heterocycles. The molecule has 0 heterocycles. The van der Waals surface area contributed by atoms with Gasteiger partial charge in [0.1, 0.15) is 5.75 Å². The van der Waals surface area contributed by atoms with Crippen molar-refractivity contribution < 1.29 is 5.11 Å². The summed E-state index contributed by atoms with van der Waals surface area (Å²) in [6.45, 7) is 2.02. The summed E-state index contributed by atoms with van der Waals surface area (Å²) >= 11 is 0. The first-order valence-corrected chi connectivity index (χ1v) is 4.63. The van der Waals surface area contributed by atoms with Gasteiger partial charge in [-0.05, 0) is 29.7 Å². The number of rotatable bonds is 3. The number of benzene rings is 1. The summed E-state index contributed by atoms with van der Waals surface area (Å²) in [5.74, 6) is 0.200. The predicted octanol–water partition coefficient (Wildman–Crippen LogP) is 1.87. The number of aryl methyl sites for hydroxylation is 1. The number of nitrogens with two attached hydrogens (primary N) is 1. The van der Waals surface area contributed by atoms with Crippen LogP contribution in [0.2, 0.25) is 0 Å². The summed E-state index contributed by atoms with van der Waals surface area (Å²) < 4.78 is 0. The summed E-state index contributed by atoms with van der Waals surface area (Å²) in [5, 5.41) is 17.9. The first-order chi connectivity index (χ1) is 6.69. The van der Waals surface area contributed by atoms with Crippen LogP contribution < -0.4 is 5.73 Å². The lowest BCUT2D eigenvalue weighted by Crippen LogP contribution is -2.11. The molecule has 1 aromatic carbocycles. The van der Waals surface area contributed by atoms with Crippen LogP contribution >= 0.6 is 0 Å². The van der Waals surface area contributed by atoms with E-state index in [2.05, 4.69) is 0 Å². The number of phenols is 1. The highest BCUT2D eigenvalue weighted by molar-refractivity contribution is 5.37. The quantitative estimate of drug-likeness (QED) is 0.764. The minimum Gasteiger partial charge on any atom is -0.508 e. The van der Waals surface area contributed by atoms with Gasteiger partial charge in [0.05, 0.1) is 12.5 Å². The maximum atomic E-state index is 9.31. The highest BCUT2D eigenvalue weighted by Crippen LogP contribution is 2.23. The Kier molecular flexibility index (Phi) is 3.49. The summed E-state index contributed by atoms with van der Waals surface area (Å²) in [5.41, 5.74) is 7.78. The molecule has 14 heavy (non-hydrogen) atoms. The van der Waals surface area contributed by atoms with E-state index in [4.69, 9.17) is 11.0 Å². The molecule has 0 saturated carbocycles. The number of aromatic hydroxyl groups is 1. The third-order valence-corrected chi connectivity index (χ3v) is 2.22. The fourth-order valence-corrected chi connectivity index (χ4v) is 1.46. The lowest BCUT2D eigenvalue weighted by molar-refractivity contribution is 0.473. The van der Waals surface area contributed by atoms with E-state index in [0.717, 1.165) is 17.5 Å². The van der Waals surface area contributed by atoms with Crippen LogP contribution in [0.3, 0.4) is 0 Å². The molecule has 3 N–H and O–H groups in total. The summed E-state index contributed by atoms with van der Waals surface area (Å²) in [4.78, 5) is 0. The Hall–Kier alpha value is -1.53. The van der Waals surface area contributed by atoms with Crippen molar-refractivity contribution in [2.75, 3.05) is 0 Å². The molecule has 1 atom stereocenters. The molecule has 0 amide bonds. The zero-order chi connectivity index (χ0) is 10.6. The largest absolute Gasteiger partial charge is 0.508 e. The molecule has 3 nitrogen and oxygen atoms in total. The van der Waals surface area contributed by atoms with Crippen LogP contribution in [0, 0.1) is 11.3 Å². The second-order valence-corrected chi connectivity index (χ2v) is 3.21. The molecule has 0 bridgehead atoms. The van der Waals surface area contributed by atoms with Gasteiger partial charge in [0.15, 0.2) is 0 Å². The van der Waals surface area contributed by atoms with Crippen LogP contribution in [0.15, 0.2) is 18.2 Å². The Morgan fingerprint density at radius 3 is 2.86 bits per heavy atom. The molecule has 1 rings (SSSR count). The van der Waals surface area contributed by atoms with E-state index in [-0.39, 0.29) is 18.2 Å². The van der Waals surface area contributed by atoms with Crippen LogP contribution in [0.1, 0.15) is 30.5 Å². The van der Waals surface area contributed by atoms with E-state index in [1.807, 2.05) is 19.1 Å². The predicted molar refractivity (Wildman–Crippen MR) is 54.6 cm³/mol. The highest BCUT2D eigenvalue weighted by atomic mass is 16.3. The first-order valence-electron chi connectivity index (χ1n) is 4.63. The van der Waals surface area contributed by atoms with Crippen molar-refractivity contribution in [2.45, 2.75) is 25.8 Å². The fourth-order valence-electron chi connectivity index (χ4n) is 1.46. The Bertz CT molecular complexity index is 355. The van der Waals surface area contributed by atoms with E-state index >= 15 is 0 Å². The normalized spacial score (nSPS) is 12.1. The fraction of sp³-hybridized carbons (Fsp3) is 0.364. The first kappa shape index (κ1) is 10.6. The van der Waals surface area contributed by atoms with Crippen molar-refractivity contribution in [1.29, 1.82) is 5.26 Å². The number of phenolic OH excluding ortho intramolecular Hbond substituents is 1. The van der Waals surface area contributed by atoms with Gasteiger partial charge in [-0.25, -0.2) is 0 Å². The van der Waals surface area contributed by atoms with E-state index in [1.54, 1.807) is 12.1 Å². The van der Waals surface area contributed by atoms with Crippen molar-refractivity contribution in [2.24, 2.45) is 5.73 Å². The standard InChI is InChI=1S/C11H14N2O/c1-2-8-3-4-9(14)7-10(8)11(13)5-6-12/h3-4,7,11,14H,2,5,13H2,1H3/t11-/m1/s1. The topological polar surface area (TPSA) is 70.0 Å². The summed E-state index contributed by atoms with van der Waals surface area (Å²) in [6.07, 6.45) is 1.13. The molecule has 0 fully saturated rings. The SMILES string of the molecule is CCc1ccc(O)cc1[C@H](N)CC#N. The van der Waals surface area contributed by atoms with E-state index in [0.29, 0.717) is 0 Å². The van der Waals surface area contributed by atoms with Crippen LogP contribution in [0.25, 0.3) is 0 Å². The van der Waals surface area contributed by atoms with Gasteiger partial charge in [0.2, 0.25) is 0 Å². The van der Waals surface area contributed by atoms with Gasteiger partial charge >= 0.3 is 0 Å². The monoisotopic (exact) mass is 190 g/mol. The number of hydrogen-bond donors (Lipinski definition) is 2. The molecule has 0 unspecified atom stereocenters. The smallest absolute Gasteiger partial charge is 0.115 e. The van der Waals surface area contributed by atoms with Gasteiger partial charge in [-0.3, -0.25) is 0 Å². The van der Waals surface area contributed by atoms with Crippen molar-refractivity contribution in [3.63, 3.8) is 0 Å². The second kappa shape index (κ2) is 4.64. The molecular weight excluding hydrogens is 176 g/mol. The van der Waals surface area contributed by atoms with Crippen molar-refractivity contribution in [3.05, 3.63) is 29.3 Å². The van der Waals surface area contributed by atoms with Gasteiger partial charge in [-0.15, -0.1) is 0 Å². The average molecular weight is 190 g/mol. The molecular formula is C11H14N2O. The molecule has 74 valence electrons. The van der Waals surface area contributed by atoms with Crippen molar-refractivity contribution in [3.8, 4) is 11.8 Å². The van der Waals surface area contributed by atoms with Gasteiger partial charge < -0.3 is 10.8 Å². The Morgan fingerprint density at radius 1 is 1.57 bits per heavy atom. The van der Waals surface area contributed by atoms with Gasteiger partial charge in [0.25, 0.3) is 0 Å². The number of nitrogens with zero attached hydrogens (tertiary/aromatic N) is 1. The molecule has 0 aliphatic carbocycles. The molecule has 0 radical (unpaired) electrons. The van der Waals surface area contributed by atoms with Crippen LogP contribution in [-0.2, 0) is 6.42 Å². The molecule has 1 aromatic rings. The third-order valence-electron chi connectivity index (χ3n) is 2.22. The molecule has 0 aliphatic heterocycles. The van der Waals surface area contributed by atoms with Gasteiger partial charge in [-0.2, -0.15) is 5.26 Å². The third kappa shape index (κ3) is 2.24. The van der Waals surface area contributed by atoms with Gasteiger partial charge in [-0.1, -0.05) is 13.0 Å². The summed E-state index contributed by atoms with van der Waals surface area (Å²) in [7, 11) is 0. The Labute approximate surface area is 83.8 Å². The molecule has 0 spiro atoms. The molecule has 3 heteroatoms. The van der Waals surface area contributed by atoms with Gasteiger partial charge in [0, 0.05) is 6.04 Å². The Balaban J connectivity index is 3.04. The van der Waals surface area contributed by atoms with Crippen molar-refractivity contribution >= 4 is 0 Å². The van der Waals surface area contributed by atoms with Crippen LogP contribution in [-0.4, -0.2) is 5.11 Å². The van der Waals surface area contributed by atoms with E-state index in [1.165, 1.54) is 0 Å². The maximum Gasteiger partial charge on any atom is 0.115 e. The molecule has 0 aromatic heterocycles. The zero-order valence-corrected chi connectivity index (χ0v) is 8.20. The van der Waals surface area contributed by atoms with Crippen LogP contribution in [0.4, 0.5) is 0 Å². The van der Waals surface area contributed by atoms with E-state index < -0.39 is 0 Å². The number of nitriles is 1. The lowest BCUT2D eigenvalue weighted by Gasteiger charge is -2.13. The second-order valence-electron chi connectivity index (χ2n) is 3.21. The average Bonchev–Trinajstić information content (AvgIpc) is 2.18.